The first-order valence-corrected chi connectivity index (χ1v) is 30.1. The third-order valence-corrected chi connectivity index (χ3v) is 20.4. The first kappa shape index (κ1) is 56.2. The normalized spacial score (nSPS) is 26.7. The Balaban J connectivity index is 0. The molecule has 300 valence electrons. The van der Waals surface area contributed by atoms with Gasteiger partial charge in [0.25, 0.3) is 0 Å². The molecule has 5 fully saturated rings. The van der Waals surface area contributed by atoms with Crippen molar-refractivity contribution in [3.05, 3.63) is 0 Å². The minimum Gasteiger partial charge on any atom is -0.799 e. The van der Waals surface area contributed by atoms with Gasteiger partial charge in [0.15, 0.2) is 0 Å². The van der Waals surface area contributed by atoms with E-state index in [1.807, 2.05) is 0 Å². The molecule has 17 heteroatoms. The van der Waals surface area contributed by atoms with Gasteiger partial charge in [0.2, 0.25) is 0 Å². The molecule has 0 heterocycles. The smallest absolute Gasteiger partial charge is 0.799 e. The SMILES string of the molecule is CP(=O)([O-])C1CCCCC1.CP(=O)([O-])C1CCCCC1.CP(=O)([O-])C1CCCCC1.CP(=O)([O-])C1CCCCC1.CP(=O)([O-])C1CCCCC1.[Al+3].[Zn+2]. The second kappa shape index (κ2) is 27.7. The largest absolute Gasteiger partial charge is 3.00 e. The topological polar surface area (TPSA) is 201 Å². The average molecular weight is 898 g/mol. The van der Waals surface area contributed by atoms with Crippen LogP contribution in [0.3, 0.4) is 0 Å². The molecule has 10 nitrogen and oxygen atoms in total. The van der Waals surface area contributed by atoms with Crippen molar-refractivity contribution in [3.8, 4) is 0 Å². The zero-order chi connectivity index (χ0) is 38.1. The van der Waals surface area contributed by atoms with E-state index in [1.54, 1.807) is 0 Å². The van der Waals surface area contributed by atoms with Crippen LogP contribution in [0.5, 0.6) is 0 Å². The van der Waals surface area contributed by atoms with Gasteiger partial charge >= 0.3 is 36.8 Å². The second-order valence-electron chi connectivity index (χ2n) is 16.0. The van der Waals surface area contributed by atoms with Gasteiger partial charge in [-0.15, -0.1) is 0 Å². The molecule has 0 saturated heterocycles. The Morgan fingerprint density at radius 2 is 0.385 bits per heavy atom. The van der Waals surface area contributed by atoms with Gasteiger partial charge in [0, 0.05) is 36.8 Å². The number of hydrogen-bond donors (Lipinski definition) is 0. The van der Waals surface area contributed by atoms with Crippen LogP contribution in [0, 0.1) is 0 Å². The molecule has 0 spiro atoms. The Morgan fingerprint density at radius 3 is 0.442 bits per heavy atom. The monoisotopic (exact) mass is 896 g/mol. The minimum absolute atomic E-state index is 0. The summed E-state index contributed by atoms with van der Waals surface area (Å²) in [6.07, 6.45) is 26.1. The zero-order valence-corrected chi connectivity index (χ0v) is 41.8. The van der Waals surface area contributed by atoms with E-state index in [2.05, 4.69) is 0 Å². The van der Waals surface area contributed by atoms with Crippen LogP contribution in [0.25, 0.3) is 0 Å². The van der Waals surface area contributed by atoms with Crippen molar-refractivity contribution < 1.29 is 66.8 Å². The fourth-order valence-corrected chi connectivity index (χ4v) is 14.3. The molecule has 0 aromatic carbocycles. The van der Waals surface area contributed by atoms with Crippen LogP contribution < -0.4 is 24.5 Å². The van der Waals surface area contributed by atoms with Gasteiger partial charge < -0.3 is 47.3 Å². The molecule has 5 aliphatic carbocycles. The van der Waals surface area contributed by atoms with Crippen LogP contribution in [0.4, 0.5) is 0 Å². The predicted octanol–water partition coefficient (Wildman–Crippen LogP) is 7.55. The van der Waals surface area contributed by atoms with E-state index in [0.29, 0.717) is 0 Å². The molecular weight excluding hydrogens is 828 g/mol. The number of rotatable bonds is 5. The fraction of sp³-hybridized carbons (Fsp3) is 1.00. The maximum absolute atomic E-state index is 11.0. The number of hydrogen-bond acceptors (Lipinski definition) is 10. The van der Waals surface area contributed by atoms with Crippen LogP contribution in [0.15, 0.2) is 0 Å². The van der Waals surface area contributed by atoms with Crippen molar-refractivity contribution in [3.63, 3.8) is 0 Å². The Labute approximate surface area is 341 Å². The van der Waals surface area contributed by atoms with Gasteiger partial charge in [-0.1, -0.05) is 96.3 Å². The molecule has 0 aromatic heterocycles. The Bertz CT molecular complexity index is 942. The molecule has 5 rings (SSSR count). The summed E-state index contributed by atoms with van der Waals surface area (Å²) in [7, 11) is -15.0. The molecule has 5 atom stereocenters. The van der Waals surface area contributed by atoms with Crippen molar-refractivity contribution >= 4 is 54.2 Å². The van der Waals surface area contributed by atoms with Crippen LogP contribution in [-0.2, 0) is 42.3 Å². The third-order valence-electron chi connectivity index (χ3n) is 11.2. The first-order chi connectivity index (χ1) is 23.0. The van der Waals surface area contributed by atoms with Crippen LogP contribution in [-0.4, -0.2) is 79.0 Å². The molecular formula is C35H70AlO10P5Zn. The molecule has 5 unspecified atom stereocenters. The van der Waals surface area contributed by atoms with Gasteiger partial charge in [0.1, 0.15) is 0 Å². The summed E-state index contributed by atoms with van der Waals surface area (Å²) in [5.74, 6) is 0. The fourth-order valence-electron chi connectivity index (χ4n) is 7.75. The van der Waals surface area contributed by atoms with Gasteiger partial charge in [-0.3, -0.25) is 0 Å². The quantitative estimate of drug-likeness (QED) is 0.196. The molecule has 5 saturated carbocycles. The molecule has 0 bridgehead atoms. The van der Waals surface area contributed by atoms with Crippen LogP contribution in [0.2, 0.25) is 0 Å². The van der Waals surface area contributed by atoms with Crippen molar-refractivity contribution in [1.82, 2.24) is 0 Å². The van der Waals surface area contributed by atoms with Gasteiger partial charge in [-0.2, -0.15) is 0 Å². The zero-order valence-electron chi connectivity index (χ0n) is 33.2. The summed E-state index contributed by atoms with van der Waals surface area (Å²) in [5, 5.41) is 0. The van der Waals surface area contributed by atoms with E-state index in [9.17, 15) is 47.3 Å². The van der Waals surface area contributed by atoms with Crippen LogP contribution in [0.1, 0.15) is 161 Å². The molecule has 0 aliphatic heterocycles. The Hall–Kier alpha value is 2.11. The van der Waals surface area contributed by atoms with Crippen molar-refractivity contribution in [2.45, 2.75) is 189 Å². The van der Waals surface area contributed by atoms with Gasteiger partial charge in [-0.25, -0.2) is 0 Å². The minimum atomic E-state index is -2.99. The summed E-state index contributed by atoms with van der Waals surface area (Å²) in [6, 6.07) is 0. The summed E-state index contributed by atoms with van der Waals surface area (Å²) >= 11 is 0. The summed E-state index contributed by atoms with van der Waals surface area (Å²) in [5.41, 5.74) is 0.00579. The van der Waals surface area contributed by atoms with Crippen molar-refractivity contribution in [1.29, 1.82) is 0 Å². The summed E-state index contributed by atoms with van der Waals surface area (Å²) in [4.78, 5) is 55.1. The molecule has 52 heavy (non-hydrogen) atoms. The standard InChI is InChI=1S/5C7H15O2P.Al.Zn/c5*1-10(8,9)7-5-3-2-4-6-7;;/h5*7H,2-6H2,1H3,(H,8,9);;/q;;;;;+3;+2/p-5. The third kappa shape index (κ3) is 26.2. The van der Waals surface area contributed by atoms with E-state index in [-0.39, 0.29) is 65.1 Å². The van der Waals surface area contributed by atoms with E-state index in [1.165, 1.54) is 65.4 Å². The average Bonchev–Trinajstić information content (AvgIpc) is 3.06. The van der Waals surface area contributed by atoms with E-state index < -0.39 is 36.8 Å². The van der Waals surface area contributed by atoms with Gasteiger partial charge in [0.05, 0.1) is 0 Å². The van der Waals surface area contributed by atoms with Gasteiger partial charge in [-0.05, 0) is 126 Å². The predicted molar refractivity (Wildman–Crippen MR) is 208 cm³/mol. The Kier molecular flexibility index (Phi) is 30.0. The second-order valence-corrected chi connectivity index (χ2v) is 28.7. The maximum Gasteiger partial charge on any atom is 3.00 e. The maximum atomic E-state index is 11.0. The summed E-state index contributed by atoms with van der Waals surface area (Å²) in [6.45, 7) is 6.89. The van der Waals surface area contributed by atoms with Crippen LogP contribution >= 0.6 is 36.8 Å². The molecule has 0 amide bonds. The Morgan fingerprint density at radius 1 is 0.288 bits per heavy atom. The van der Waals surface area contributed by atoms with Crippen molar-refractivity contribution in [2.24, 2.45) is 0 Å². The van der Waals surface area contributed by atoms with E-state index >= 15 is 0 Å². The molecule has 0 aromatic rings. The molecule has 0 N–H and O–H groups in total. The molecule has 5 aliphatic rings. The first-order valence-electron chi connectivity index (χ1n) is 19.4. The van der Waals surface area contributed by atoms with E-state index in [0.717, 1.165) is 128 Å². The van der Waals surface area contributed by atoms with E-state index in [4.69, 9.17) is 0 Å². The van der Waals surface area contributed by atoms with Crippen molar-refractivity contribution in [2.75, 3.05) is 33.3 Å². The summed E-state index contributed by atoms with van der Waals surface area (Å²) < 4.78 is 55.1. The molecule has 0 radical (unpaired) electrons.